The fourth-order valence-corrected chi connectivity index (χ4v) is 1.65. The lowest BCUT2D eigenvalue weighted by Crippen LogP contribution is -2.34. The minimum Gasteiger partial charge on any atom is -0.382 e. The molecule has 5 nitrogen and oxygen atoms in total. The predicted molar refractivity (Wildman–Crippen MR) is 67.1 cm³/mol. The van der Waals surface area contributed by atoms with Crippen molar-refractivity contribution in [1.29, 1.82) is 0 Å². The molecule has 5 heteroatoms. The van der Waals surface area contributed by atoms with Crippen LogP contribution in [0, 0.1) is 0 Å². The van der Waals surface area contributed by atoms with Gasteiger partial charge in [0.15, 0.2) is 0 Å². The van der Waals surface area contributed by atoms with Gasteiger partial charge in [0.1, 0.15) is 5.82 Å². The first-order valence-corrected chi connectivity index (χ1v) is 6.05. The van der Waals surface area contributed by atoms with Gasteiger partial charge in [-0.15, -0.1) is 0 Å². The topological polar surface area (TPSA) is 48.3 Å². The summed E-state index contributed by atoms with van der Waals surface area (Å²) in [7, 11) is 3.63. The van der Waals surface area contributed by atoms with Gasteiger partial charge in [0.2, 0.25) is 0 Å². The second kappa shape index (κ2) is 8.22. The number of methoxy groups -OCH3 is 1. The van der Waals surface area contributed by atoms with Crippen LogP contribution < -0.4 is 5.32 Å². The Kier molecular flexibility index (Phi) is 6.84. The Hall–Kier alpha value is -0.910. The van der Waals surface area contributed by atoms with E-state index in [1.165, 1.54) is 0 Å². The Morgan fingerprint density at radius 1 is 1.47 bits per heavy atom. The molecule has 0 aliphatic rings. The zero-order valence-electron chi connectivity index (χ0n) is 11.0. The van der Waals surface area contributed by atoms with Crippen LogP contribution in [0.3, 0.4) is 0 Å². The molecule has 0 radical (unpaired) electrons. The molecule has 1 N–H and O–H groups in total. The second-order valence-electron chi connectivity index (χ2n) is 3.89. The standard InChI is InChI=1S/C12H23N3O2/c1-4-15-6-5-14-12(15)9-11(13-2)10-17-8-7-16-3/h5-6,11,13H,4,7-10H2,1-3H3. The van der Waals surface area contributed by atoms with Crippen molar-refractivity contribution < 1.29 is 9.47 Å². The van der Waals surface area contributed by atoms with Crippen LogP contribution in [-0.4, -0.2) is 49.6 Å². The normalized spacial score (nSPS) is 12.9. The van der Waals surface area contributed by atoms with Gasteiger partial charge in [0, 0.05) is 38.5 Å². The average molecular weight is 241 g/mol. The number of hydrogen-bond acceptors (Lipinski definition) is 4. The number of aryl methyl sites for hydroxylation is 1. The summed E-state index contributed by atoms with van der Waals surface area (Å²) < 4.78 is 12.6. The molecule has 1 aromatic rings. The molecule has 0 aromatic carbocycles. The number of rotatable bonds is 9. The molecule has 1 atom stereocenters. The maximum absolute atomic E-state index is 5.52. The third-order valence-electron chi connectivity index (χ3n) is 2.73. The van der Waals surface area contributed by atoms with Crippen molar-refractivity contribution in [3.05, 3.63) is 18.2 Å². The van der Waals surface area contributed by atoms with Gasteiger partial charge in [-0.05, 0) is 14.0 Å². The molecular formula is C12H23N3O2. The van der Waals surface area contributed by atoms with E-state index in [1.807, 2.05) is 19.4 Å². The first kappa shape index (κ1) is 14.2. The van der Waals surface area contributed by atoms with E-state index in [9.17, 15) is 0 Å². The molecule has 1 unspecified atom stereocenters. The lowest BCUT2D eigenvalue weighted by atomic mass is 10.2. The summed E-state index contributed by atoms with van der Waals surface area (Å²) in [5.74, 6) is 1.10. The van der Waals surface area contributed by atoms with Crippen LogP contribution in [0.1, 0.15) is 12.7 Å². The fourth-order valence-electron chi connectivity index (χ4n) is 1.65. The molecule has 0 amide bonds. The summed E-state index contributed by atoms with van der Waals surface area (Å²) in [6, 6.07) is 0.291. The van der Waals surface area contributed by atoms with Gasteiger partial charge >= 0.3 is 0 Å². The molecule has 17 heavy (non-hydrogen) atoms. The van der Waals surface area contributed by atoms with Gasteiger partial charge in [-0.3, -0.25) is 0 Å². The first-order valence-electron chi connectivity index (χ1n) is 6.05. The highest BCUT2D eigenvalue weighted by molar-refractivity contribution is 4.95. The molecule has 0 saturated heterocycles. The second-order valence-corrected chi connectivity index (χ2v) is 3.89. The molecule has 0 bridgehead atoms. The number of aromatic nitrogens is 2. The maximum Gasteiger partial charge on any atom is 0.110 e. The first-order chi connectivity index (χ1) is 8.31. The summed E-state index contributed by atoms with van der Waals surface area (Å²) in [6.07, 6.45) is 4.73. The van der Waals surface area contributed by atoms with E-state index in [4.69, 9.17) is 9.47 Å². The Morgan fingerprint density at radius 3 is 2.94 bits per heavy atom. The van der Waals surface area contributed by atoms with E-state index in [0.29, 0.717) is 25.9 Å². The Bertz CT molecular complexity index is 302. The molecule has 0 aliphatic carbocycles. The minimum absolute atomic E-state index is 0.291. The summed E-state index contributed by atoms with van der Waals surface area (Å²) in [5, 5.41) is 3.25. The number of hydrogen-bond donors (Lipinski definition) is 1. The highest BCUT2D eigenvalue weighted by atomic mass is 16.5. The van der Waals surface area contributed by atoms with E-state index >= 15 is 0 Å². The van der Waals surface area contributed by atoms with E-state index in [0.717, 1.165) is 18.8 Å². The summed E-state index contributed by atoms with van der Waals surface area (Å²) in [5.41, 5.74) is 0. The summed E-state index contributed by atoms with van der Waals surface area (Å²) >= 11 is 0. The van der Waals surface area contributed by atoms with Crippen molar-refractivity contribution in [3.63, 3.8) is 0 Å². The molecular weight excluding hydrogens is 218 g/mol. The van der Waals surface area contributed by atoms with E-state index in [2.05, 4.69) is 21.8 Å². The van der Waals surface area contributed by atoms with Crippen molar-refractivity contribution in [1.82, 2.24) is 14.9 Å². The third-order valence-corrected chi connectivity index (χ3v) is 2.73. The van der Waals surface area contributed by atoms with Crippen LogP contribution >= 0.6 is 0 Å². The predicted octanol–water partition coefficient (Wildman–Crippen LogP) is 0.697. The molecule has 1 heterocycles. The summed E-state index contributed by atoms with van der Waals surface area (Å²) in [4.78, 5) is 4.36. The summed E-state index contributed by atoms with van der Waals surface area (Å²) in [6.45, 7) is 5.03. The zero-order valence-corrected chi connectivity index (χ0v) is 11.0. The number of imidazole rings is 1. The Balaban J connectivity index is 2.35. The molecule has 98 valence electrons. The highest BCUT2D eigenvalue weighted by Gasteiger charge is 2.11. The van der Waals surface area contributed by atoms with Crippen molar-refractivity contribution in [3.8, 4) is 0 Å². The fraction of sp³-hybridized carbons (Fsp3) is 0.750. The maximum atomic E-state index is 5.52. The van der Waals surface area contributed by atoms with Gasteiger partial charge < -0.3 is 19.4 Å². The van der Waals surface area contributed by atoms with Crippen LogP contribution in [0.4, 0.5) is 0 Å². The van der Waals surface area contributed by atoms with Crippen molar-refractivity contribution in [2.24, 2.45) is 0 Å². The number of ether oxygens (including phenoxy) is 2. The smallest absolute Gasteiger partial charge is 0.110 e. The molecule has 0 saturated carbocycles. The largest absolute Gasteiger partial charge is 0.382 e. The molecule has 1 aromatic heterocycles. The monoisotopic (exact) mass is 241 g/mol. The number of nitrogens with one attached hydrogen (secondary N) is 1. The Labute approximate surface area is 103 Å². The SMILES string of the molecule is CCn1ccnc1CC(COCCOC)NC. The molecule has 0 spiro atoms. The lowest BCUT2D eigenvalue weighted by Gasteiger charge is -2.16. The van der Waals surface area contributed by atoms with Gasteiger partial charge in [-0.2, -0.15) is 0 Å². The average Bonchev–Trinajstić information content (AvgIpc) is 2.80. The van der Waals surface area contributed by atoms with E-state index < -0.39 is 0 Å². The number of nitrogens with zero attached hydrogens (tertiary/aromatic N) is 2. The van der Waals surface area contributed by atoms with Crippen LogP contribution in [0.5, 0.6) is 0 Å². The van der Waals surface area contributed by atoms with E-state index in [1.54, 1.807) is 7.11 Å². The molecule has 1 rings (SSSR count). The number of likely N-dealkylation sites (N-methyl/N-ethyl adjacent to an activating group) is 1. The van der Waals surface area contributed by atoms with Crippen LogP contribution in [-0.2, 0) is 22.4 Å². The highest BCUT2D eigenvalue weighted by Crippen LogP contribution is 2.02. The lowest BCUT2D eigenvalue weighted by molar-refractivity contribution is 0.0594. The van der Waals surface area contributed by atoms with Crippen LogP contribution in [0.15, 0.2) is 12.4 Å². The quantitative estimate of drug-likeness (QED) is 0.646. The van der Waals surface area contributed by atoms with E-state index in [-0.39, 0.29) is 0 Å². The van der Waals surface area contributed by atoms with Gasteiger partial charge in [-0.1, -0.05) is 0 Å². The van der Waals surface area contributed by atoms with Crippen molar-refractivity contribution in [2.75, 3.05) is 34.0 Å². The van der Waals surface area contributed by atoms with Crippen molar-refractivity contribution >= 4 is 0 Å². The van der Waals surface area contributed by atoms with Crippen LogP contribution in [0.25, 0.3) is 0 Å². The zero-order chi connectivity index (χ0) is 12.5. The molecule has 0 fully saturated rings. The van der Waals surface area contributed by atoms with Crippen molar-refractivity contribution in [2.45, 2.75) is 25.9 Å². The van der Waals surface area contributed by atoms with Gasteiger partial charge in [0.05, 0.1) is 19.8 Å². The van der Waals surface area contributed by atoms with Gasteiger partial charge in [-0.25, -0.2) is 4.98 Å². The molecule has 0 aliphatic heterocycles. The minimum atomic E-state index is 0.291. The van der Waals surface area contributed by atoms with Crippen LogP contribution in [0.2, 0.25) is 0 Å². The third kappa shape index (κ3) is 4.85. The van der Waals surface area contributed by atoms with Gasteiger partial charge in [0.25, 0.3) is 0 Å². The Morgan fingerprint density at radius 2 is 2.29 bits per heavy atom.